The standard InChI is InChI=1S/C36H40O15/c1-8-22(39)47-28-34-21(12-23(40)43-7)29(4)13-19(25-18(26(29)42)9-10-44-25)36(34)32-15-45-24(41)11-20(32)30(5)14-33(32,49-31(6,50-34)51-36)35(28,48-17(3)38)27(30)46-16(2)37/h9-10,19-21,27-28H,8,11-15H2,1-7H3. The van der Waals surface area contributed by atoms with Crippen molar-refractivity contribution >= 4 is 35.6 Å². The molecule has 13 atom stereocenters. The summed E-state index contributed by atoms with van der Waals surface area (Å²) in [6.07, 6.45) is -2.24. The zero-order chi connectivity index (χ0) is 36.5. The average Bonchev–Trinajstić information content (AvgIpc) is 3.74. The average molecular weight is 713 g/mol. The zero-order valence-electron chi connectivity index (χ0n) is 29.4. The first-order valence-corrected chi connectivity index (χ1v) is 17.4. The number of ketones is 1. The van der Waals surface area contributed by atoms with E-state index in [0.717, 1.165) is 0 Å². The van der Waals surface area contributed by atoms with E-state index in [1.807, 2.05) is 6.92 Å². The number of rotatable bonds is 6. The Morgan fingerprint density at radius 1 is 0.961 bits per heavy atom. The van der Waals surface area contributed by atoms with Crippen LogP contribution in [0.15, 0.2) is 16.7 Å². The summed E-state index contributed by atoms with van der Waals surface area (Å²) in [5.74, 6) is -8.26. The lowest BCUT2D eigenvalue weighted by atomic mass is 9.30. The molecule has 3 saturated heterocycles. The molecular weight excluding hydrogens is 672 g/mol. The van der Waals surface area contributed by atoms with Crippen LogP contribution in [0, 0.1) is 28.1 Å². The lowest BCUT2D eigenvalue weighted by molar-refractivity contribution is -0.487. The number of carbonyl (C=O) groups excluding carboxylic acids is 6. The molecule has 0 amide bonds. The third-order valence-corrected chi connectivity index (χ3v) is 14.2. The summed E-state index contributed by atoms with van der Waals surface area (Å²) < 4.78 is 58.4. The van der Waals surface area contributed by atoms with E-state index in [9.17, 15) is 28.8 Å². The van der Waals surface area contributed by atoms with Crippen molar-refractivity contribution < 1.29 is 71.1 Å². The van der Waals surface area contributed by atoms with Gasteiger partial charge >= 0.3 is 29.8 Å². The minimum Gasteiger partial charge on any atom is -0.469 e. The van der Waals surface area contributed by atoms with Gasteiger partial charge in [-0.3, -0.25) is 28.8 Å². The maximum Gasteiger partial charge on any atom is 0.306 e. The lowest BCUT2D eigenvalue weighted by Gasteiger charge is -2.78. The van der Waals surface area contributed by atoms with Gasteiger partial charge in [-0.15, -0.1) is 0 Å². The molecule has 15 nitrogen and oxygen atoms in total. The lowest BCUT2D eigenvalue weighted by Crippen LogP contribution is -2.96. The molecule has 6 bridgehead atoms. The second-order valence-electron chi connectivity index (χ2n) is 16.2. The van der Waals surface area contributed by atoms with Gasteiger partial charge in [-0.1, -0.05) is 20.8 Å². The number of ether oxygens (including phenoxy) is 8. The molecule has 51 heavy (non-hydrogen) atoms. The van der Waals surface area contributed by atoms with Crippen LogP contribution in [0.4, 0.5) is 0 Å². The van der Waals surface area contributed by atoms with Crippen LogP contribution in [0.25, 0.3) is 0 Å². The van der Waals surface area contributed by atoms with E-state index < -0.39 is 111 Å². The highest BCUT2D eigenvalue weighted by molar-refractivity contribution is 6.03. The van der Waals surface area contributed by atoms with Gasteiger partial charge in [-0.2, -0.15) is 0 Å². The second kappa shape index (κ2) is 9.39. The first-order chi connectivity index (χ1) is 23.9. The predicted octanol–water partition coefficient (Wildman–Crippen LogP) is 2.66. The third kappa shape index (κ3) is 3.11. The number of cyclic esters (lactones) is 1. The molecule has 4 saturated carbocycles. The van der Waals surface area contributed by atoms with Crippen molar-refractivity contribution in [1.82, 2.24) is 0 Å². The Balaban J connectivity index is 1.50. The summed E-state index contributed by atoms with van der Waals surface area (Å²) >= 11 is 0. The molecule has 0 N–H and O–H groups in total. The van der Waals surface area contributed by atoms with Crippen LogP contribution in [-0.4, -0.2) is 89.9 Å². The van der Waals surface area contributed by atoms with Gasteiger partial charge in [0.05, 0.1) is 36.7 Å². The topological polar surface area (TPSA) is 189 Å². The molecule has 0 aromatic carbocycles. The van der Waals surface area contributed by atoms with E-state index in [0.29, 0.717) is 11.3 Å². The fourth-order valence-corrected chi connectivity index (χ4v) is 13.3. The number of esters is 5. The Morgan fingerprint density at radius 2 is 1.71 bits per heavy atom. The van der Waals surface area contributed by atoms with Gasteiger partial charge in [-0.05, 0) is 24.8 Å². The molecule has 7 fully saturated rings. The number of fused-ring (bicyclic) bond motifs is 7. The van der Waals surface area contributed by atoms with Crippen LogP contribution in [0.3, 0.4) is 0 Å². The minimum absolute atomic E-state index is 0.0441. The molecule has 8 aliphatic rings. The predicted molar refractivity (Wildman–Crippen MR) is 163 cm³/mol. The molecule has 274 valence electrons. The highest BCUT2D eigenvalue weighted by Crippen LogP contribution is 2.92. The van der Waals surface area contributed by atoms with Crippen molar-refractivity contribution in [3.8, 4) is 0 Å². The SMILES string of the molecule is CCC(=O)OC1C2(OC(C)=O)C(OC(C)=O)C3(C)CC24OC2(C)OC15C(CC(=O)OC)C1(C)CC(c6occc6C1=O)C5(O2)C41COC(=O)CC31. The van der Waals surface area contributed by atoms with E-state index in [-0.39, 0.29) is 38.1 Å². The van der Waals surface area contributed by atoms with E-state index in [2.05, 4.69) is 0 Å². The van der Waals surface area contributed by atoms with Gasteiger partial charge in [0, 0.05) is 50.4 Å². The van der Waals surface area contributed by atoms with Crippen LogP contribution < -0.4 is 0 Å². The number of methoxy groups -OCH3 is 1. The van der Waals surface area contributed by atoms with Gasteiger partial charge in [-0.25, -0.2) is 0 Å². The highest BCUT2D eigenvalue weighted by Gasteiger charge is 3.08. The number of carbonyl (C=O) groups is 6. The van der Waals surface area contributed by atoms with Gasteiger partial charge in [0.15, 0.2) is 18.0 Å². The van der Waals surface area contributed by atoms with Crippen molar-refractivity contribution in [3.63, 3.8) is 0 Å². The molecule has 0 radical (unpaired) electrons. The Labute approximate surface area is 292 Å². The maximum absolute atomic E-state index is 14.8. The van der Waals surface area contributed by atoms with Gasteiger partial charge in [0.1, 0.15) is 29.2 Å². The first kappa shape index (κ1) is 33.0. The monoisotopic (exact) mass is 712 g/mol. The van der Waals surface area contributed by atoms with Crippen LogP contribution in [0.5, 0.6) is 0 Å². The smallest absolute Gasteiger partial charge is 0.306 e. The maximum atomic E-state index is 14.8. The Bertz CT molecular complexity index is 1870. The van der Waals surface area contributed by atoms with Crippen molar-refractivity contribution in [3.05, 3.63) is 23.7 Å². The summed E-state index contributed by atoms with van der Waals surface area (Å²) in [6, 6.07) is 1.59. The van der Waals surface area contributed by atoms with Crippen molar-refractivity contribution in [2.45, 2.75) is 120 Å². The van der Waals surface area contributed by atoms with Gasteiger partial charge < -0.3 is 42.3 Å². The summed E-state index contributed by atoms with van der Waals surface area (Å²) in [4.78, 5) is 82.5. The quantitative estimate of drug-likeness (QED) is 0.309. The third-order valence-electron chi connectivity index (χ3n) is 14.2. The Hall–Kier alpha value is -3.82. The van der Waals surface area contributed by atoms with Gasteiger partial charge in [0.2, 0.25) is 5.60 Å². The van der Waals surface area contributed by atoms with Crippen molar-refractivity contribution in [2.75, 3.05) is 13.7 Å². The molecule has 5 aliphatic carbocycles. The molecule has 15 heteroatoms. The Morgan fingerprint density at radius 3 is 2.37 bits per heavy atom. The first-order valence-electron chi connectivity index (χ1n) is 17.4. The van der Waals surface area contributed by atoms with Crippen molar-refractivity contribution in [2.24, 2.45) is 28.1 Å². The molecule has 4 heterocycles. The fraction of sp³-hybridized carbons (Fsp3) is 0.722. The molecule has 13 unspecified atom stereocenters. The highest BCUT2D eigenvalue weighted by atomic mass is 16.9. The summed E-state index contributed by atoms with van der Waals surface area (Å²) in [6.45, 7) is 8.77. The Kier molecular flexibility index (Phi) is 6.09. The molecule has 1 aromatic heterocycles. The number of hydrogen-bond donors (Lipinski definition) is 0. The second-order valence-corrected chi connectivity index (χ2v) is 16.2. The summed E-state index contributed by atoms with van der Waals surface area (Å²) in [7, 11) is 1.22. The molecule has 3 aliphatic heterocycles. The van der Waals surface area contributed by atoms with E-state index in [1.165, 1.54) is 27.2 Å². The molecule has 1 aromatic rings. The van der Waals surface area contributed by atoms with Crippen LogP contribution in [0.1, 0.15) is 95.7 Å². The summed E-state index contributed by atoms with van der Waals surface area (Å²) in [5.41, 5.74) is -11.5. The van der Waals surface area contributed by atoms with Crippen molar-refractivity contribution in [1.29, 1.82) is 0 Å². The van der Waals surface area contributed by atoms with E-state index in [4.69, 9.17) is 42.3 Å². The normalized spacial score (nSPS) is 50.1. The van der Waals surface area contributed by atoms with Crippen LogP contribution in [0.2, 0.25) is 0 Å². The van der Waals surface area contributed by atoms with Crippen LogP contribution >= 0.6 is 0 Å². The van der Waals surface area contributed by atoms with Gasteiger partial charge in [0.25, 0.3) is 5.97 Å². The molecule has 9 rings (SSSR count). The fourth-order valence-electron chi connectivity index (χ4n) is 13.3. The van der Waals surface area contributed by atoms with Crippen LogP contribution in [-0.2, 0) is 61.9 Å². The zero-order valence-corrected chi connectivity index (χ0v) is 29.4. The largest absolute Gasteiger partial charge is 0.469 e. The number of Topliss-reactive ketones (excluding diaryl/α,β-unsaturated/α-hetero) is 1. The number of hydrogen-bond acceptors (Lipinski definition) is 15. The number of furan rings is 1. The molecular formula is C36H40O15. The summed E-state index contributed by atoms with van der Waals surface area (Å²) in [5, 5.41) is 0. The van der Waals surface area contributed by atoms with E-state index in [1.54, 1.807) is 26.8 Å². The molecule has 3 spiro atoms. The minimum atomic E-state index is -2.17. The van der Waals surface area contributed by atoms with E-state index >= 15 is 0 Å².